The number of benzene rings is 2. The van der Waals surface area contributed by atoms with Gasteiger partial charge in [-0.1, -0.05) is 23.7 Å². The third-order valence-corrected chi connectivity index (χ3v) is 8.99. The number of aromatic carboxylic acids is 1. The van der Waals surface area contributed by atoms with Gasteiger partial charge in [-0.3, -0.25) is 4.90 Å². The van der Waals surface area contributed by atoms with Gasteiger partial charge in [-0.25, -0.2) is 19.2 Å². The number of aromatic nitrogens is 3. The highest BCUT2D eigenvalue weighted by Crippen LogP contribution is 2.26. The van der Waals surface area contributed by atoms with Crippen LogP contribution in [0.15, 0.2) is 54.6 Å². The van der Waals surface area contributed by atoms with E-state index in [2.05, 4.69) is 14.5 Å². The van der Waals surface area contributed by atoms with Crippen molar-refractivity contribution < 1.29 is 23.8 Å². The number of likely N-dealkylation sites (tertiary alicyclic amines) is 1. The molecule has 42 heavy (non-hydrogen) atoms. The van der Waals surface area contributed by atoms with Crippen molar-refractivity contribution in [1.82, 2.24) is 19.4 Å². The van der Waals surface area contributed by atoms with E-state index in [1.807, 2.05) is 18.2 Å². The molecule has 0 aliphatic carbocycles. The van der Waals surface area contributed by atoms with Crippen LogP contribution in [0.4, 0.5) is 4.39 Å². The fourth-order valence-electron chi connectivity index (χ4n) is 5.33. The van der Waals surface area contributed by atoms with Gasteiger partial charge in [0.1, 0.15) is 17.7 Å². The topological polar surface area (TPSA) is 89.7 Å². The molecule has 2 aliphatic heterocycles. The number of carboxylic acids is 1. The van der Waals surface area contributed by atoms with Gasteiger partial charge in [-0.05, 0) is 61.2 Å². The van der Waals surface area contributed by atoms with Crippen LogP contribution in [-0.4, -0.2) is 62.4 Å². The molecule has 11 heteroatoms. The van der Waals surface area contributed by atoms with Crippen LogP contribution in [-0.2, 0) is 29.3 Å². The third-order valence-electron chi connectivity index (χ3n) is 7.74. The van der Waals surface area contributed by atoms with Gasteiger partial charge in [0.05, 0.1) is 41.5 Å². The minimum atomic E-state index is -0.944. The van der Waals surface area contributed by atoms with Crippen molar-refractivity contribution in [2.45, 2.75) is 56.1 Å². The van der Waals surface area contributed by atoms with Crippen molar-refractivity contribution in [3.05, 3.63) is 88.1 Å². The Hall–Kier alpha value is -3.18. The van der Waals surface area contributed by atoms with Crippen LogP contribution in [0.5, 0.6) is 5.88 Å². The molecular formula is C31H32ClFN4O4S. The first-order chi connectivity index (χ1) is 20.4. The Morgan fingerprint density at radius 2 is 1.93 bits per heavy atom. The summed E-state index contributed by atoms with van der Waals surface area (Å²) in [6, 6.07) is 15.7. The Labute approximate surface area is 252 Å². The van der Waals surface area contributed by atoms with Crippen molar-refractivity contribution in [3.63, 3.8) is 0 Å². The molecule has 1 N–H and O–H groups in total. The molecule has 2 saturated heterocycles. The molecule has 0 saturated carbocycles. The Kier molecular flexibility index (Phi) is 8.95. The van der Waals surface area contributed by atoms with Crippen LogP contribution >= 0.6 is 23.4 Å². The van der Waals surface area contributed by atoms with Crippen LogP contribution in [0.25, 0.3) is 11.0 Å². The molecule has 1 unspecified atom stereocenters. The zero-order valence-electron chi connectivity index (χ0n) is 23.0. The molecular weight excluding hydrogens is 579 g/mol. The van der Waals surface area contributed by atoms with Crippen molar-refractivity contribution in [3.8, 4) is 5.88 Å². The standard InChI is InChI=1S/C31H32ClFN4O4S/c32-22-6-4-21(26(33)15-22)18-42-19-23-2-1-3-30(34-23)41-24-8-11-36(12-9-24)17-29-35-27-7-5-20(31(38)39)14-28(27)37(29)16-25-10-13-40-25/h1-7,14-15,24-25H,8-13,16-19H2,(H,38,39). The zero-order chi connectivity index (χ0) is 29.1. The number of hydrogen-bond donors (Lipinski definition) is 1. The van der Waals surface area contributed by atoms with E-state index >= 15 is 0 Å². The number of rotatable bonds is 11. The van der Waals surface area contributed by atoms with Crippen molar-refractivity contribution in [2.24, 2.45) is 0 Å². The molecule has 0 amide bonds. The number of halogens is 2. The van der Waals surface area contributed by atoms with E-state index in [-0.39, 0.29) is 23.6 Å². The Morgan fingerprint density at radius 1 is 1.10 bits per heavy atom. The van der Waals surface area contributed by atoms with Gasteiger partial charge in [0.15, 0.2) is 0 Å². The number of thioether (sulfide) groups is 1. The van der Waals surface area contributed by atoms with Crippen molar-refractivity contribution in [2.75, 3.05) is 19.7 Å². The van der Waals surface area contributed by atoms with E-state index in [1.165, 1.54) is 6.07 Å². The van der Waals surface area contributed by atoms with Gasteiger partial charge >= 0.3 is 5.97 Å². The van der Waals surface area contributed by atoms with Gasteiger partial charge in [0.25, 0.3) is 0 Å². The predicted octanol–water partition coefficient (Wildman–Crippen LogP) is 6.19. The maximum absolute atomic E-state index is 14.1. The second-order valence-corrected chi connectivity index (χ2v) is 12.1. The zero-order valence-corrected chi connectivity index (χ0v) is 24.6. The lowest BCUT2D eigenvalue weighted by Gasteiger charge is -2.32. The van der Waals surface area contributed by atoms with Crippen LogP contribution in [0.3, 0.4) is 0 Å². The van der Waals surface area contributed by atoms with E-state index in [4.69, 9.17) is 26.1 Å². The largest absolute Gasteiger partial charge is 0.478 e. The van der Waals surface area contributed by atoms with E-state index in [1.54, 1.807) is 42.1 Å². The summed E-state index contributed by atoms with van der Waals surface area (Å²) in [5.41, 5.74) is 3.41. The summed E-state index contributed by atoms with van der Waals surface area (Å²) in [5.74, 6) is 1.49. The summed E-state index contributed by atoms with van der Waals surface area (Å²) < 4.78 is 28.1. The quantitative estimate of drug-likeness (QED) is 0.215. The van der Waals surface area contributed by atoms with Gasteiger partial charge < -0.3 is 19.1 Å². The van der Waals surface area contributed by atoms with Gasteiger partial charge in [0.2, 0.25) is 5.88 Å². The molecule has 0 spiro atoms. The fraction of sp³-hybridized carbons (Fsp3) is 0.387. The minimum Gasteiger partial charge on any atom is -0.478 e. The summed E-state index contributed by atoms with van der Waals surface area (Å²) >= 11 is 7.45. The molecule has 2 aliphatic rings. The number of ether oxygens (including phenoxy) is 2. The summed E-state index contributed by atoms with van der Waals surface area (Å²) in [4.78, 5) is 23.5. The first-order valence-corrected chi connectivity index (χ1v) is 15.7. The number of carbonyl (C=O) groups is 1. The van der Waals surface area contributed by atoms with Crippen LogP contribution in [0, 0.1) is 5.82 Å². The van der Waals surface area contributed by atoms with Crippen LogP contribution in [0.2, 0.25) is 5.02 Å². The van der Waals surface area contributed by atoms with Gasteiger partial charge in [-0.15, -0.1) is 0 Å². The van der Waals surface area contributed by atoms with Gasteiger partial charge in [0, 0.05) is 42.3 Å². The Morgan fingerprint density at radius 3 is 2.67 bits per heavy atom. The number of carboxylic acid groups (broad SMARTS) is 1. The molecule has 6 rings (SSSR count). The molecule has 0 bridgehead atoms. The maximum Gasteiger partial charge on any atom is 0.335 e. The number of pyridine rings is 1. The molecule has 8 nitrogen and oxygen atoms in total. The van der Waals surface area contributed by atoms with E-state index < -0.39 is 5.97 Å². The average molecular weight is 611 g/mol. The lowest BCUT2D eigenvalue weighted by atomic mass is 10.1. The molecule has 4 aromatic rings. The number of piperidine rings is 1. The normalized spacial score (nSPS) is 17.8. The number of nitrogens with zero attached hydrogens (tertiary/aromatic N) is 4. The highest BCUT2D eigenvalue weighted by Gasteiger charge is 2.26. The first-order valence-electron chi connectivity index (χ1n) is 14.1. The molecule has 2 aromatic carbocycles. The second-order valence-electron chi connectivity index (χ2n) is 10.7. The molecule has 2 aromatic heterocycles. The number of fused-ring (bicyclic) bond motifs is 1. The number of imidazole rings is 1. The summed E-state index contributed by atoms with van der Waals surface area (Å²) in [6.07, 6.45) is 2.93. The van der Waals surface area contributed by atoms with Crippen LogP contribution in [0.1, 0.15) is 46.7 Å². The predicted molar refractivity (Wildman–Crippen MR) is 161 cm³/mol. The summed E-state index contributed by atoms with van der Waals surface area (Å²) in [6.45, 7) is 3.83. The van der Waals surface area contributed by atoms with E-state index in [0.29, 0.717) is 41.1 Å². The van der Waals surface area contributed by atoms with Crippen molar-refractivity contribution in [1.29, 1.82) is 0 Å². The van der Waals surface area contributed by atoms with E-state index in [0.717, 1.165) is 61.5 Å². The highest BCUT2D eigenvalue weighted by molar-refractivity contribution is 7.97. The Bertz CT molecular complexity index is 1570. The second kappa shape index (κ2) is 13.0. The van der Waals surface area contributed by atoms with Crippen LogP contribution < -0.4 is 4.74 Å². The first kappa shape index (κ1) is 28.9. The lowest BCUT2D eigenvalue weighted by molar-refractivity contribution is -0.0592. The Balaban J connectivity index is 1.03. The third kappa shape index (κ3) is 6.89. The molecule has 1 atom stereocenters. The average Bonchev–Trinajstić information content (AvgIpc) is 3.29. The maximum atomic E-state index is 14.1. The summed E-state index contributed by atoms with van der Waals surface area (Å²) in [7, 11) is 0. The summed E-state index contributed by atoms with van der Waals surface area (Å²) in [5, 5.41) is 9.89. The molecule has 2 fully saturated rings. The highest BCUT2D eigenvalue weighted by atomic mass is 35.5. The van der Waals surface area contributed by atoms with Crippen molar-refractivity contribution >= 4 is 40.4 Å². The number of hydrogen-bond acceptors (Lipinski definition) is 7. The molecule has 220 valence electrons. The molecule has 0 radical (unpaired) electrons. The lowest BCUT2D eigenvalue weighted by Crippen LogP contribution is -2.39. The van der Waals surface area contributed by atoms with Gasteiger partial charge in [-0.2, -0.15) is 11.8 Å². The minimum absolute atomic E-state index is 0.0696. The fourth-order valence-corrected chi connectivity index (χ4v) is 6.41. The molecule has 4 heterocycles. The van der Waals surface area contributed by atoms with E-state index in [9.17, 15) is 14.3 Å². The smallest absolute Gasteiger partial charge is 0.335 e. The SMILES string of the molecule is O=C(O)c1ccc2nc(CN3CCC(Oc4cccc(CSCc5ccc(Cl)cc5F)n4)CC3)n(CC3CCO3)c2c1. The monoisotopic (exact) mass is 610 g/mol.